The van der Waals surface area contributed by atoms with E-state index < -0.39 is 4.92 Å². The molecule has 0 aliphatic carbocycles. The number of nitro groups is 1. The van der Waals surface area contributed by atoms with Crippen LogP contribution in [0.15, 0.2) is 0 Å². The predicted molar refractivity (Wildman–Crippen MR) is 41.8 cm³/mol. The SMILES string of the molecule is CCNc1nn(C)nc1[N+](=O)[O-]. The first kappa shape index (κ1) is 8.44. The van der Waals surface area contributed by atoms with Gasteiger partial charge >= 0.3 is 5.82 Å². The summed E-state index contributed by atoms with van der Waals surface area (Å²) in [7, 11) is 1.54. The molecule has 1 rings (SSSR count). The first-order valence-electron chi connectivity index (χ1n) is 3.44. The van der Waals surface area contributed by atoms with E-state index in [9.17, 15) is 10.1 Å². The zero-order chi connectivity index (χ0) is 9.14. The molecule has 0 saturated carbocycles. The Hall–Kier alpha value is -1.66. The zero-order valence-electron chi connectivity index (χ0n) is 6.81. The fourth-order valence-corrected chi connectivity index (χ4v) is 0.801. The van der Waals surface area contributed by atoms with Crippen molar-refractivity contribution in [3.05, 3.63) is 10.1 Å². The summed E-state index contributed by atoms with van der Waals surface area (Å²) < 4.78 is 0. The maximum Gasteiger partial charge on any atom is 0.434 e. The first-order chi connectivity index (χ1) is 5.65. The van der Waals surface area contributed by atoms with Gasteiger partial charge in [-0.2, -0.15) is 0 Å². The Labute approximate surface area is 68.5 Å². The number of rotatable bonds is 3. The summed E-state index contributed by atoms with van der Waals surface area (Å²) in [6, 6.07) is 0. The van der Waals surface area contributed by atoms with Crippen LogP contribution in [0.3, 0.4) is 0 Å². The molecular weight excluding hydrogens is 162 g/mol. The summed E-state index contributed by atoms with van der Waals surface area (Å²) in [6.45, 7) is 2.41. The number of anilines is 1. The molecule has 0 aliphatic rings. The van der Waals surface area contributed by atoms with E-state index in [2.05, 4.69) is 15.5 Å². The topological polar surface area (TPSA) is 85.9 Å². The van der Waals surface area contributed by atoms with Crippen LogP contribution in [-0.4, -0.2) is 26.5 Å². The van der Waals surface area contributed by atoms with Crippen molar-refractivity contribution in [2.24, 2.45) is 7.05 Å². The average molecular weight is 171 g/mol. The second-order valence-electron chi connectivity index (χ2n) is 2.15. The maximum atomic E-state index is 10.4. The van der Waals surface area contributed by atoms with Gasteiger partial charge in [0.15, 0.2) is 0 Å². The van der Waals surface area contributed by atoms with Crippen LogP contribution in [0.5, 0.6) is 0 Å². The molecule has 0 aromatic carbocycles. The number of hydrogen-bond donors (Lipinski definition) is 1. The van der Waals surface area contributed by atoms with E-state index in [0.717, 1.165) is 4.80 Å². The van der Waals surface area contributed by atoms with Crippen molar-refractivity contribution in [1.82, 2.24) is 15.0 Å². The third kappa shape index (κ3) is 1.49. The number of hydrogen-bond acceptors (Lipinski definition) is 5. The summed E-state index contributed by atoms with van der Waals surface area (Å²) in [5, 5.41) is 20.4. The fourth-order valence-electron chi connectivity index (χ4n) is 0.801. The summed E-state index contributed by atoms with van der Waals surface area (Å²) in [4.78, 5) is 11.0. The Morgan fingerprint density at radius 3 is 2.83 bits per heavy atom. The first-order valence-corrected chi connectivity index (χ1v) is 3.44. The van der Waals surface area contributed by atoms with Crippen LogP contribution in [-0.2, 0) is 7.05 Å². The van der Waals surface area contributed by atoms with Gasteiger partial charge in [0.2, 0.25) is 0 Å². The van der Waals surface area contributed by atoms with Gasteiger partial charge in [-0.1, -0.05) is 4.80 Å². The summed E-state index contributed by atoms with van der Waals surface area (Å²) in [5.41, 5.74) is 0. The van der Waals surface area contributed by atoms with Crippen molar-refractivity contribution in [3.8, 4) is 0 Å². The van der Waals surface area contributed by atoms with Crippen LogP contribution in [0.25, 0.3) is 0 Å². The third-order valence-corrected chi connectivity index (χ3v) is 1.21. The highest BCUT2D eigenvalue weighted by molar-refractivity contribution is 5.49. The van der Waals surface area contributed by atoms with Crippen molar-refractivity contribution < 1.29 is 4.92 Å². The van der Waals surface area contributed by atoms with E-state index in [1.807, 2.05) is 6.92 Å². The Morgan fingerprint density at radius 1 is 1.67 bits per heavy atom. The van der Waals surface area contributed by atoms with Gasteiger partial charge in [0, 0.05) is 6.54 Å². The minimum Gasteiger partial charge on any atom is -0.362 e. The largest absolute Gasteiger partial charge is 0.434 e. The highest BCUT2D eigenvalue weighted by atomic mass is 16.6. The molecule has 7 nitrogen and oxygen atoms in total. The second kappa shape index (κ2) is 3.16. The van der Waals surface area contributed by atoms with Crippen molar-refractivity contribution in [3.63, 3.8) is 0 Å². The Morgan fingerprint density at radius 2 is 2.33 bits per heavy atom. The smallest absolute Gasteiger partial charge is 0.362 e. The van der Waals surface area contributed by atoms with E-state index in [-0.39, 0.29) is 11.6 Å². The molecule has 0 saturated heterocycles. The van der Waals surface area contributed by atoms with Gasteiger partial charge in [-0.25, -0.2) is 0 Å². The highest BCUT2D eigenvalue weighted by Crippen LogP contribution is 2.16. The van der Waals surface area contributed by atoms with E-state index in [0.29, 0.717) is 6.54 Å². The fraction of sp³-hybridized carbons (Fsp3) is 0.600. The van der Waals surface area contributed by atoms with E-state index in [1.165, 1.54) is 7.05 Å². The monoisotopic (exact) mass is 171 g/mol. The van der Waals surface area contributed by atoms with Crippen LogP contribution in [0.4, 0.5) is 11.6 Å². The van der Waals surface area contributed by atoms with Crippen molar-refractivity contribution >= 4 is 11.6 Å². The minimum absolute atomic E-state index is 0.213. The molecule has 0 fully saturated rings. The molecule has 0 amide bonds. The van der Waals surface area contributed by atoms with E-state index >= 15 is 0 Å². The molecule has 0 bridgehead atoms. The number of aromatic nitrogens is 3. The normalized spacial score (nSPS) is 9.83. The quantitative estimate of drug-likeness (QED) is 0.517. The molecule has 1 N–H and O–H groups in total. The maximum absolute atomic E-state index is 10.4. The molecule has 1 aromatic rings. The molecule has 0 atom stereocenters. The van der Waals surface area contributed by atoms with Crippen LogP contribution in [0, 0.1) is 10.1 Å². The lowest BCUT2D eigenvalue weighted by molar-refractivity contribution is -0.388. The molecule has 0 aliphatic heterocycles. The third-order valence-electron chi connectivity index (χ3n) is 1.21. The van der Waals surface area contributed by atoms with E-state index in [1.54, 1.807) is 0 Å². The molecule has 1 aromatic heterocycles. The van der Waals surface area contributed by atoms with Gasteiger partial charge in [0.1, 0.15) is 0 Å². The molecule has 0 unspecified atom stereocenters. The molecule has 0 spiro atoms. The van der Waals surface area contributed by atoms with Gasteiger partial charge in [0.25, 0.3) is 5.82 Å². The number of nitrogens with one attached hydrogen (secondary N) is 1. The van der Waals surface area contributed by atoms with Gasteiger partial charge < -0.3 is 15.4 Å². The van der Waals surface area contributed by atoms with Crippen LogP contribution >= 0.6 is 0 Å². The standard InChI is InChI=1S/C5H9N5O2/c1-3-6-4-5(10(11)12)8-9(2)7-4/h3H2,1-2H3,(H,6,7). The predicted octanol–water partition coefficient (Wildman–Crippen LogP) is 0.155. The minimum atomic E-state index is -0.564. The van der Waals surface area contributed by atoms with Gasteiger partial charge in [-0.15, -0.1) is 5.10 Å². The lowest BCUT2D eigenvalue weighted by Crippen LogP contribution is -2.00. The number of aryl methyl sites for hydroxylation is 1. The summed E-state index contributed by atoms with van der Waals surface area (Å²) in [6.07, 6.45) is 0. The average Bonchev–Trinajstić information content (AvgIpc) is 2.32. The van der Waals surface area contributed by atoms with Crippen LogP contribution in [0.2, 0.25) is 0 Å². The number of nitrogens with zero attached hydrogens (tertiary/aromatic N) is 4. The highest BCUT2D eigenvalue weighted by Gasteiger charge is 2.20. The molecule has 7 heteroatoms. The molecule has 1 heterocycles. The van der Waals surface area contributed by atoms with Crippen molar-refractivity contribution in [2.45, 2.75) is 6.92 Å². The van der Waals surface area contributed by atoms with Crippen molar-refractivity contribution in [2.75, 3.05) is 11.9 Å². The Bertz CT molecular complexity index is 294. The zero-order valence-corrected chi connectivity index (χ0v) is 6.81. The van der Waals surface area contributed by atoms with Crippen LogP contribution < -0.4 is 5.32 Å². The molecular formula is C5H9N5O2. The summed E-state index contributed by atoms with van der Waals surface area (Å²) in [5.74, 6) is -0.0237. The second-order valence-corrected chi connectivity index (χ2v) is 2.15. The molecule has 0 radical (unpaired) electrons. The lowest BCUT2D eigenvalue weighted by Gasteiger charge is -1.94. The molecule has 12 heavy (non-hydrogen) atoms. The van der Waals surface area contributed by atoms with Gasteiger partial charge in [0.05, 0.1) is 12.1 Å². The van der Waals surface area contributed by atoms with Gasteiger partial charge in [-0.05, 0) is 11.8 Å². The Balaban J connectivity index is 2.99. The summed E-state index contributed by atoms with van der Waals surface area (Å²) >= 11 is 0. The Kier molecular flexibility index (Phi) is 2.22. The van der Waals surface area contributed by atoms with E-state index in [4.69, 9.17) is 0 Å². The lowest BCUT2D eigenvalue weighted by atomic mass is 10.6. The van der Waals surface area contributed by atoms with Gasteiger partial charge in [-0.3, -0.25) is 0 Å². The van der Waals surface area contributed by atoms with Crippen molar-refractivity contribution in [1.29, 1.82) is 0 Å². The molecule has 66 valence electrons. The van der Waals surface area contributed by atoms with Crippen LogP contribution in [0.1, 0.15) is 6.92 Å².